The molecule has 2 amide bonds. The molecule has 0 aromatic heterocycles. The van der Waals surface area contributed by atoms with Gasteiger partial charge in [0, 0.05) is 5.54 Å². The summed E-state index contributed by atoms with van der Waals surface area (Å²) in [5.41, 5.74) is 5.15. The molecule has 0 fully saturated rings. The van der Waals surface area contributed by atoms with Gasteiger partial charge in [0.15, 0.2) is 0 Å². The first-order chi connectivity index (χ1) is 8.60. The standard InChI is InChI=1S/C15H28N2O2/c1-7-8-9-11(13(16)18)12(10(2)3)14(19)17-15(4,5)6/h7-8,10-12H,9H2,1-6H3,(H2,16,18)(H,17,19)/b8-7+/t11-,12+/m0/s1. The minimum Gasteiger partial charge on any atom is -0.369 e. The molecule has 4 heteroatoms. The molecule has 0 aromatic rings. The molecule has 0 unspecified atom stereocenters. The molecule has 110 valence electrons. The quantitative estimate of drug-likeness (QED) is 0.725. The van der Waals surface area contributed by atoms with Crippen molar-refractivity contribution < 1.29 is 9.59 Å². The fraction of sp³-hybridized carbons (Fsp3) is 0.733. The van der Waals surface area contributed by atoms with Gasteiger partial charge < -0.3 is 11.1 Å². The van der Waals surface area contributed by atoms with Crippen LogP contribution < -0.4 is 11.1 Å². The van der Waals surface area contributed by atoms with Crippen molar-refractivity contribution >= 4 is 11.8 Å². The number of hydrogen-bond donors (Lipinski definition) is 2. The van der Waals surface area contributed by atoms with Crippen LogP contribution in [0.4, 0.5) is 0 Å². The molecule has 3 N–H and O–H groups in total. The number of allylic oxidation sites excluding steroid dienone is 2. The second kappa shape index (κ2) is 7.31. The number of primary amides is 1. The molecule has 2 atom stereocenters. The van der Waals surface area contributed by atoms with Crippen LogP contribution in [-0.2, 0) is 9.59 Å². The van der Waals surface area contributed by atoms with E-state index in [0.29, 0.717) is 6.42 Å². The van der Waals surface area contributed by atoms with Gasteiger partial charge in [0.25, 0.3) is 0 Å². The third kappa shape index (κ3) is 6.41. The smallest absolute Gasteiger partial charge is 0.224 e. The lowest BCUT2D eigenvalue weighted by Crippen LogP contribution is -2.49. The number of amides is 2. The van der Waals surface area contributed by atoms with E-state index >= 15 is 0 Å². The van der Waals surface area contributed by atoms with E-state index in [4.69, 9.17) is 5.73 Å². The van der Waals surface area contributed by atoms with Crippen molar-refractivity contribution in [2.75, 3.05) is 0 Å². The molecule has 4 nitrogen and oxygen atoms in total. The number of carbonyl (C=O) groups is 2. The zero-order chi connectivity index (χ0) is 15.2. The number of nitrogens with one attached hydrogen (secondary N) is 1. The molecule has 0 aliphatic carbocycles. The summed E-state index contributed by atoms with van der Waals surface area (Å²) in [6.45, 7) is 11.5. The average molecular weight is 268 g/mol. The molecule has 0 heterocycles. The summed E-state index contributed by atoms with van der Waals surface area (Å²) >= 11 is 0. The van der Waals surface area contributed by atoms with Crippen molar-refractivity contribution in [3.8, 4) is 0 Å². The Bertz CT molecular complexity index is 341. The highest BCUT2D eigenvalue weighted by Gasteiger charge is 2.35. The Morgan fingerprint density at radius 2 is 1.79 bits per heavy atom. The SMILES string of the molecule is C/C=C/C[C@H](C(N)=O)[C@H](C(=O)NC(C)(C)C)C(C)C. The summed E-state index contributed by atoms with van der Waals surface area (Å²) in [7, 11) is 0. The third-order valence-electron chi connectivity index (χ3n) is 2.94. The number of nitrogens with two attached hydrogens (primary N) is 1. The van der Waals surface area contributed by atoms with Crippen LogP contribution in [0, 0.1) is 17.8 Å². The van der Waals surface area contributed by atoms with Crippen LogP contribution in [0.15, 0.2) is 12.2 Å². The van der Waals surface area contributed by atoms with Gasteiger partial charge in [0.2, 0.25) is 11.8 Å². The summed E-state index contributed by atoms with van der Waals surface area (Å²) in [4.78, 5) is 24.0. The van der Waals surface area contributed by atoms with Gasteiger partial charge in [-0.05, 0) is 40.0 Å². The van der Waals surface area contributed by atoms with E-state index in [1.54, 1.807) is 0 Å². The monoisotopic (exact) mass is 268 g/mol. The Balaban J connectivity index is 5.14. The lowest BCUT2D eigenvalue weighted by molar-refractivity contribution is -0.136. The first-order valence-corrected chi connectivity index (χ1v) is 6.82. The Morgan fingerprint density at radius 3 is 2.11 bits per heavy atom. The number of rotatable bonds is 6. The minimum absolute atomic E-state index is 0.0603. The topological polar surface area (TPSA) is 72.2 Å². The van der Waals surface area contributed by atoms with Gasteiger partial charge in [-0.1, -0.05) is 26.0 Å². The van der Waals surface area contributed by atoms with Crippen molar-refractivity contribution in [1.82, 2.24) is 5.32 Å². The van der Waals surface area contributed by atoms with Gasteiger partial charge in [0.1, 0.15) is 0 Å². The highest BCUT2D eigenvalue weighted by Crippen LogP contribution is 2.25. The molecule has 0 aromatic carbocycles. The van der Waals surface area contributed by atoms with Crippen molar-refractivity contribution in [1.29, 1.82) is 0 Å². The van der Waals surface area contributed by atoms with Crippen molar-refractivity contribution in [3.05, 3.63) is 12.2 Å². The molecule has 0 radical (unpaired) electrons. The van der Waals surface area contributed by atoms with Crippen molar-refractivity contribution in [3.63, 3.8) is 0 Å². The zero-order valence-electron chi connectivity index (χ0n) is 13.0. The molecule has 0 saturated heterocycles. The third-order valence-corrected chi connectivity index (χ3v) is 2.94. The van der Waals surface area contributed by atoms with Crippen LogP contribution in [0.2, 0.25) is 0 Å². The highest BCUT2D eigenvalue weighted by molar-refractivity contribution is 5.87. The van der Waals surface area contributed by atoms with E-state index in [9.17, 15) is 9.59 Å². The Hall–Kier alpha value is -1.32. The van der Waals surface area contributed by atoms with Crippen LogP contribution in [0.5, 0.6) is 0 Å². The van der Waals surface area contributed by atoms with E-state index in [1.807, 2.05) is 53.7 Å². The number of carbonyl (C=O) groups excluding carboxylic acids is 2. The van der Waals surface area contributed by atoms with E-state index < -0.39 is 17.7 Å². The second-order valence-electron chi connectivity index (χ2n) is 6.32. The zero-order valence-corrected chi connectivity index (χ0v) is 13.0. The first kappa shape index (κ1) is 17.7. The van der Waals surface area contributed by atoms with E-state index in [2.05, 4.69) is 5.32 Å². The van der Waals surface area contributed by atoms with Crippen molar-refractivity contribution in [2.24, 2.45) is 23.5 Å². The maximum absolute atomic E-state index is 12.4. The molecule has 0 spiro atoms. The van der Waals surface area contributed by atoms with E-state index in [0.717, 1.165) is 0 Å². The van der Waals surface area contributed by atoms with Crippen LogP contribution in [-0.4, -0.2) is 17.4 Å². The average Bonchev–Trinajstić information content (AvgIpc) is 2.19. The first-order valence-electron chi connectivity index (χ1n) is 6.82. The van der Waals surface area contributed by atoms with Gasteiger partial charge in [0.05, 0.1) is 11.8 Å². The lowest BCUT2D eigenvalue weighted by atomic mass is 9.79. The van der Waals surface area contributed by atoms with Crippen LogP contribution >= 0.6 is 0 Å². The summed E-state index contributed by atoms with van der Waals surface area (Å²) in [6.07, 6.45) is 4.26. The normalized spacial score (nSPS) is 15.5. The lowest BCUT2D eigenvalue weighted by Gasteiger charge is -2.30. The molecule has 0 aliphatic rings. The fourth-order valence-electron chi connectivity index (χ4n) is 2.13. The minimum atomic E-state index is -0.460. The molecular weight excluding hydrogens is 240 g/mol. The highest BCUT2D eigenvalue weighted by atomic mass is 16.2. The molecule has 0 aliphatic heterocycles. The molecule has 0 bridgehead atoms. The Morgan fingerprint density at radius 1 is 1.26 bits per heavy atom. The summed E-state index contributed by atoms with van der Waals surface area (Å²) in [5, 5.41) is 2.94. The van der Waals surface area contributed by atoms with Crippen molar-refractivity contribution in [2.45, 2.75) is 53.5 Å². The Labute approximate surface area is 116 Å². The van der Waals surface area contributed by atoms with Crippen LogP contribution in [0.25, 0.3) is 0 Å². The van der Waals surface area contributed by atoms with Gasteiger partial charge in [-0.3, -0.25) is 9.59 Å². The largest absolute Gasteiger partial charge is 0.369 e. The maximum Gasteiger partial charge on any atom is 0.224 e. The summed E-state index contributed by atoms with van der Waals surface area (Å²) in [5.74, 6) is -1.31. The van der Waals surface area contributed by atoms with Gasteiger partial charge in [-0.25, -0.2) is 0 Å². The van der Waals surface area contributed by atoms with Crippen LogP contribution in [0.3, 0.4) is 0 Å². The predicted molar refractivity (Wildman–Crippen MR) is 78.3 cm³/mol. The molecule has 0 rings (SSSR count). The molecule has 0 saturated carbocycles. The molecular formula is C15H28N2O2. The summed E-state index contributed by atoms with van der Waals surface area (Å²) < 4.78 is 0. The van der Waals surface area contributed by atoms with Crippen LogP contribution in [0.1, 0.15) is 48.0 Å². The second-order valence-corrected chi connectivity index (χ2v) is 6.32. The maximum atomic E-state index is 12.4. The Kier molecular flexibility index (Phi) is 6.81. The van der Waals surface area contributed by atoms with E-state index in [1.165, 1.54) is 0 Å². The van der Waals surface area contributed by atoms with Gasteiger partial charge in [-0.15, -0.1) is 0 Å². The molecule has 19 heavy (non-hydrogen) atoms. The summed E-state index contributed by atoms with van der Waals surface area (Å²) in [6, 6.07) is 0. The van der Waals surface area contributed by atoms with Gasteiger partial charge >= 0.3 is 0 Å². The van der Waals surface area contributed by atoms with Gasteiger partial charge in [-0.2, -0.15) is 0 Å². The predicted octanol–water partition coefficient (Wildman–Crippen LogP) is 2.24. The van der Waals surface area contributed by atoms with E-state index in [-0.39, 0.29) is 17.4 Å². The fourth-order valence-corrected chi connectivity index (χ4v) is 2.13. The number of hydrogen-bond acceptors (Lipinski definition) is 2.